The second-order valence-electron chi connectivity index (χ2n) is 5.76. The zero-order valence-electron chi connectivity index (χ0n) is 11.0. The van der Waals surface area contributed by atoms with E-state index >= 15 is 0 Å². The van der Waals surface area contributed by atoms with Crippen molar-refractivity contribution in [3.8, 4) is 0 Å². The largest absolute Gasteiger partial charge is 0.375 e. The summed E-state index contributed by atoms with van der Waals surface area (Å²) >= 11 is 0. The summed E-state index contributed by atoms with van der Waals surface area (Å²) in [5, 5.41) is 3.82. The molecule has 0 bridgehead atoms. The van der Waals surface area contributed by atoms with Crippen LogP contribution in [-0.2, 0) is 4.74 Å². The van der Waals surface area contributed by atoms with Crippen molar-refractivity contribution < 1.29 is 4.74 Å². The van der Waals surface area contributed by atoms with E-state index in [-0.39, 0.29) is 5.60 Å². The van der Waals surface area contributed by atoms with Gasteiger partial charge in [-0.2, -0.15) is 0 Å². The number of hydrogen-bond acceptors (Lipinski definition) is 3. The Morgan fingerprint density at radius 3 is 2.81 bits per heavy atom. The fourth-order valence-electron chi connectivity index (χ4n) is 2.92. The third-order valence-electron chi connectivity index (χ3n) is 4.21. The molecule has 3 atom stereocenters. The number of rotatable bonds is 3. The SMILES string of the molecule is CCC1(C)CC(NC2CCN(C)C2)CCO1. The van der Waals surface area contributed by atoms with Crippen LogP contribution in [0.1, 0.15) is 39.5 Å². The maximum atomic E-state index is 5.88. The minimum Gasteiger partial charge on any atom is -0.375 e. The topological polar surface area (TPSA) is 24.5 Å². The molecule has 0 spiro atoms. The van der Waals surface area contributed by atoms with Crippen molar-refractivity contribution in [3.63, 3.8) is 0 Å². The summed E-state index contributed by atoms with van der Waals surface area (Å²) in [6.45, 7) is 7.85. The molecule has 2 aliphatic rings. The van der Waals surface area contributed by atoms with Gasteiger partial charge in [0.1, 0.15) is 0 Å². The first kappa shape index (κ1) is 12.3. The number of nitrogens with zero attached hydrogens (tertiary/aromatic N) is 1. The molecule has 0 radical (unpaired) electrons. The van der Waals surface area contributed by atoms with E-state index in [4.69, 9.17) is 4.74 Å². The highest BCUT2D eigenvalue weighted by molar-refractivity contribution is 4.89. The van der Waals surface area contributed by atoms with Gasteiger partial charge in [-0.25, -0.2) is 0 Å². The number of ether oxygens (including phenoxy) is 1. The highest BCUT2D eigenvalue weighted by atomic mass is 16.5. The van der Waals surface area contributed by atoms with Gasteiger partial charge in [-0.15, -0.1) is 0 Å². The van der Waals surface area contributed by atoms with Gasteiger partial charge in [0, 0.05) is 25.2 Å². The summed E-state index contributed by atoms with van der Waals surface area (Å²) in [5.74, 6) is 0. The molecule has 0 saturated carbocycles. The fraction of sp³-hybridized carbons (Fsp3) is 1.00. The van der Waals surface area contributed by atoms with Crippen LogP contribution in [0.5, 0.6) is 0 Å². The van der Waals surface area contributed by atoms with Crippen molar-refractivity contribution in [1.29, 1.82) is 0 Å². The molecule has 0 aromatic carbocycles. The van der Waals surface area contributed by atoms with Crippen molar-refractivity contribution in [1.82, 2.24) is 10.2 Å². The first-order valence-electron chi connectivity index (χ1n) is 6.70. The van der Waals surface area contributed by atoms with Crippen LogP contribution in [0.2, 0.25) is 0 Å². The van der Waals surface area contributed by atoms with Crippen LogP contribution in [0, 0.1) is 0 Å². The predicted octanol–water partition coefficient (Wildman–Crippen LogP) is 1.63. The van der Waals surface area contributed by atoms with E-state index in [9.17, 15) is 0 Å². The van der Waals surface area contributed by atoms with Gasteiger partial charge in [-0.05, 0) is 46.2 Å². The van der Waals surface area contributed by atoms with Crippen LogP contribution in [0.15, 0.2) is 0 Å². The second-order valence-corrected chi connectivity index (χ2v) is 5.76. The monoisotopic (exact) mass is 226 g/mol. The summed E-state index contributed by atoms with van der Waals surface area (Å²) in [4.78, 5) is 2.41. The molecule has 16 heavy (non-hydrogen) atoms. The van der Waals surface area contributed by atoms with Crippen LogP contribution >= 0.6 is 0 Å². The summed E-state index contributed by atoms with van der Waals surface area (Å²) in [5.41, 5.74) is 0.112. The van der Waals surface area contributed by atoms with Crippen molar-refractivity contribution in [2.24, 2.45) is 0 Å². The van der Waals surface area contributed by atoms with E-state index in [1.54, 1.807) is 0 Å². The maximum absolute atomic E-state index is 5.88. The van der Waals surface area contributed by atoms with Crippen molar-refractivity contribution >= 4 is 0 Å². The Hall–Kier alpha value is -0.120. The number of likely N-dealkylation sites (N-methyl/N-ethyl adjacent to an activating group) is 1. The molecule has 2 fully saturated rings. The predicted molar refractivity (Wildman–Crippen MR) is 66.7 cm³/mol. The minimum absolute atomic E-state index is 0.112. The smallest absolute Gasteiger partial charge is 0.0666 e. The second kappa shape index (κ2) is 5.03. The van der Waals surface area contributed by atoms with Gasteiger partial charge in [0.25, 0.3) is 0 Å². The van der Waals surface area contributed by atoms with E-state index in [1.165, 1.54) is 32.4 Å². The molecule has 3 nitrogen and oxygen atoms in total. The first-order valence-corrected chi connectivity index (χ1v) is 6.70. The first-order chi connectivity index (χ1) is 7.61. The van der Waals surface area contributed by atoms with Crippen LogP contribution in [0.4, 0.5) is 0 Å². The lowest BCUT2D eigenvalue weighted by molar-refractivity contribution is -0.0789. The molecule has 3 heteroatoms. The third kappa shape index (κ3) is 2.96. The Morgan fingerprint density at radius 2 is 2.19 bits per heavy atom. The van der Waals surface area contributed by atoms with Crippen LogP contribution < -0.4 is 5.32 Å². The summed E-state index contributed by atoms with van der Waals surface area (Å²) < 4.78 is 5.88. The Morgan fingerprint density at radius 1 is 1.38 bits per heavy atom. The van der Waals surface area contributed by atoms with Crippen molar-refractivity contribution in [2.45, 2.75) is 57.2 Å². The molecule has 0 aliphatic carbocycles. The number of hydrogen-bond donors (Lipinski definition) is 1. The van der Waals surface area contributed by atoms with Crippen LogP contribution in [0.3, 0.4) is 0 Å². The lowest BCUT2D eigenvalue weighted by Gasteiger charge is -2.39. The molecule has 94 valence electrons. The minimum atomic E-state index is 0.112. The van der Waals surface area contributed by atoms with Gasteiger partial charge >= 0.3 is 0 Å². The zero-order valence-corrected chi connectivity index (χ0v) is 11.0. The molecule has 2 rings (SSSR count). The van der Waals surface area contributed by atoms with Crippen molar-refractivity contribution in [2.75, 3.05) is 26.7 Å². The molecule has 2 heterocycles. The zero-order chi connectivity index (χ0) is 11.6. The Balaban J connectivity index is 1.81. The Bertz CT molecular complexity index is 234. The Kier molecular flexibility index (Phi) is 3.88. The van der Waals surface area contributed by atoms with Gasteiger partial charge in [-0.1, -0.05) is 6.92 Å². The molecule has 2 aliphatic heterocycles. The normalized spacial score (nSPS) is 41.4. The van der Waals surface area contributed by atoms with E-state index in [0.29, 0.717) is 12.1 Å². The quantitative estimate of drug-likeness (QED) is 0.791. The molecule has 2 saturated heterocycles. The molecule has 0 aromatic heterocycles. The lowest BCUT2D eigenvalue weighted by Crippen LogP contribution is -2.48. The summed E-state index contributed by atoms with van der Waals surface area (Å²) in [7, 11) is 2.21. The highest BCUT2D eigenvalue weighted by Crippen LogP contribution is 2.28. The van der Waals surface area contributed by atoms with Gasteiger partial charge in [-0.3, -0.25) is 0 Å². The molecular weight excluding hydrogens is 200 g/mol. The summed E-state index contributed by atoms with van der Waals surface area (Å²) in [6.07, 6.45) is 4.77. The van der Waals surface area contributed by atoms with Gasteiger partial charge in [0.15, 0.2) is 0 Å². The van der Waals surface area contributed by atoms with Gasteiger partial charge in [0.2, 0.25) is 0 Å². The van der Waals surface area contributed by atoms with E-state index in [0.717, 1.165) is 13.0 Å². The van der Waals surface area contributed by atoms with E-state index < -0.39 is 0 Å². The molecule has 0 aromatic rings. The average Bonchev–Trinajstić information content (AvgIpc) is 2.64. The third-order valence-corrected chi connectivity index (χ3v) is 4.21. The maximum Gasteiger partial charge on any atom is 0.0666 e. The Labute approximate surface area is 99.5 Å². The molecular formula is C13H26N2O. The highest BCUT2D eigenvalue weighted by Gasteiger charge is 2.33. The lowest BCUT2D eigenvalue weighted by atomic mass is 9.89. The van der Waals surface area contributed by atoms with Crippen molar-refractivity contribution in [3.05, 3.63) is 0 Å². The van der Waals surface area contributed by atoms with E-state index in [1.807, 2.05) is 0 Å². The van der Waals surface area contributed by atoms with Crippen LogP contribution in [-0.4, -0.2) is 49.3 Å². The van der Waals surface area contributed by atoms with Crippen LogP contribution in [0.25, 0.3) is 0 Å². The standard InChI is InChI=1S/C13H26N2O/c1-4-13(2)9-11(6-8-16-13)14-12-5-7-15(3)10-12/h11-12,14H,4-10H2,1-3H3. The molecule has 3 unspecified atom stereocenters. The van der Waals surface area contributed by atoms with E-state index in [2.05, 4.69) is 31.1 Å². The number of nitrogens with one attached hydrogen (secondary N) is 1. The molecule has 1 N–H and O–H groups in total. The summed E-state index contributed by atoms with van der Waals surface area (Å²) in [6, 6.07) is 1.37. The molecule has 0 amide bonds. The number of likely N-dealkylation sites (tertiary alicyclic amines) is 1. The average molecular weight is 226 g/mol. The fourth-order valence-corrected chi connectivity index (χ4v) is 2.92. The van der Waals surface area contributed by atoms with Gasteiger partial charge < -0.3 is 15.0 Å². The van der Waals surface area contributed by atoms with Gasteiger partial charge in [0.05, 0.1) is 5.60 Å².